The van der Waals surface area contributed by atoms with Gasteiger partial charge in [-0.2, -0.15) is 5.10 Å². The van der Waals surface area contributed by atoms with Crippen LogP contribution in [-0.2, 0) is 15.1 Å². The maximum Gasteiger partial charge on any atom is 0.331 e. The van der Waals surface area contributed by atoms with Crippen LogP contribution in [0.1, 0.15) is 27.7 Å². The second kappa shape index (κ2) is 8.98. The molecule has 2 unspecified atom stereocenters. The van der Waals surface area contributed by atoms with Crippen molar-refractivity contribution in [2.75, 3.05) is 5.32 Å². The van der Waals surface area contributed by atoms with Gasteiger partial charge in [-0.1, -0.05) is 0 Å². The Morgan fingerprint density at radius 1 is 1.17 bits per heavy atom. The van der Waals surface area contributed by atoms with Crippen LogP contribution >= 0.6 is 0 Å². The van der Waals surface area contributed by atoms with Gasteiger partial charge < -0.3 is 20.5 Å². The maximum absolute atomic E-state index is 15.7. The number of pyridine rings is 1. The third kappa shape index (κ3) is 4.34. The number of rotatable bonds is 8. The van der Waals surface area contributed by atoms with Crippen molar-refractivity contribution in [3.8, 4) is 22.6 Å². The molecule has 0 bridgehead atoms. The van der Waals surface area contributed by atoms with E-state index in [0.29, 0.717) is 16.6 Å². The minimum atomic E-state index is -1.42. The maximum atomic E-state index is 15.7. The molecule has 4 heterocycles. The number of nitrogens with one attached hydrogen (secondary N) is 2. The van der Waals surface area contributed by atoms with Crippen LogP contribution in [0.5, 0.6) is 0 Å². The van der Waals surface area contributed by atoms with Gasteiger partial charge in [0.05, 0.1) is 18.3 Å². The Kier molecular flexibility index (Phi) is 6.16. The van der Waals surface area contributed by atoms with E-state index in [4.69, 9.17) is 0 Å². The van der Waals surface area contributed by atoms with Crippen molar-refractivity contribution in [1.82, 2.24) is 29.7 Å². The number of carboxylic acids is 2. The van der Waals surface area contributed by atoms with Gasteiger partial charge in [0.1, 0.15) is 17.2 Å². The standard InChI is InChI=1S/C23H23F2N7O4/c1-10(21(33)34)11(2)29-20-16(25)17(12-6-28-32(9-12)23(3,4)22(35)36)30-19(31-20)15-8-27-18-14(15)5-13(24)7-26-18/h5-11H,1-4H3,(H,26,27)(H,33,34)(H,35,36)(H,29,30,31). The molecule has 0 fully saturated rings. The quantitative estimate of drug-likeness (QED) is 0.285. The molecule has 4 N–H and O–H groups in total. The molecule has 0 spiro atoms. The van der Waals surface area contributed by atoms with Crippen LogP contribution in [0.25, 0.3) is 33.7 Å². The Morgan fingerprint density at radius 3 is 2.56 bits per heavy atom. The number of aliphatic carboxylic acids is 2. The Morgan fingerprint density at radius 2 is 1.89 bits per heavy atom. The summed E-state index contributed by atoms with van der Waals surface area (Å²) in [6, 6.07) is 0.513. The zero-order valence-electron chi connectivity index (χ0n) is 19.7. The van der Waals surface area contributed by atoms with Crippen LogP contribution in [-0.4, -0.2) is 57.9 Å². The van der Waals surface area contributed by atoms with Crippen LogP contribution in [0, 0.1) is 17.6 Å². The summed E-state index contributed by atoms with van der Waals surface area (Å²) in [5.74, 6) is -4.86. The highest BCUT2D eigenvalue weighted by Crippen LogP contribution is 2.32. The summed E-state index contributed by atoms with van der Waals surface area (Å²) >= 11 is 0. The van der Waals surface area contributed by atoms with Gasteiger partial charge >= 0.3 is 11.9 Å². The van der Waals surface area contributed by atoms with E-state index in [1.54, 1.807) is 6.92 Å². The van der Waals surface area contributed by atoms with Crippen LogP contribution in [0.4, 0.5) is 14.6 Å². The van der Waals surface area contributed by atoms with Crippen molar-refractivity contribution >= 4 is 28.8 Å². The lowest BCUT2D eigenvalue weighted by atomic mass is 10.0. The molecule has 11 nitrogen and oxygen atoms in total. The van der Waals surface area contributed by atoms with Gasteiger partial charge in [-0.25, -0.2) is 28.5 Å². The SMILES string of the molecule is CC(Nc1nc(-c2c[nH]c3ncc(F)cc23)nc(-c2cnn(C(C)(C)C(=O)O)c2)c1F)C(C)C(=O)O. The van der Waals surface area contributed by atoms with E-state index in [1.165, 1.54) is 50.1 Å². The molecule has 4 aromatic heterocycles. The summed E-state index contributed by atoms with van der Waals surface area (Å²) in [5, 5.41) is 26.0. The molecule has 0 saturated carbocycles. The summed E-state index contributed by atoms with van der Waals surface area (Å²) in [6.45, 7) is 5.90. The predicted octanol–water partition coefficient (Wildman–Crippen LogP) is 3.50. The molecule has 0 aliphatic heterocycles. The number of aromatic nitrogens is 6. The zero-order chi connectivity index (χ0) is 26.4. The van der Waals surface area contributed by atoms with Gasteiger partial charge in [-0.05, 0) is 33.8 Å². The third-order valence-corrected chi connectivity index (χ3v) is 6.05. The highest BCUT2D eigenvalue weighted by atomic mass is 19.1. The highest BCUT2D eigenvalue weighted by molar-refractivity contribution is 5.92. The molecule has 188 valence electrons. The van der Waals surface area contributed by atoms with Gasteiger partial charge in [-0.3, -0.25) is 9.48 Å². The van der Waals surface area contributed by atoms with E-state index in [0.717, 1.165) is 6.20 Å². The average molecular weight is 499 g/mol. The fourth-order valence-corrected chi connectivity index (χ4v) is 3.42. The van der Waals surface area contributed by atoms with E-state index in [-0.39, 0.29) is 22.9 Å². The van der Waals surface area contributed by atoms with Crippen molar-refractivity contribution < 1.29 is 28.6 Å². The first-order valence-corrected chi connectivity index (χ1v) is 10.9. The second-order valence-electron chi connectivity index (χ2n) is 8.91. The number of fused-ring (bicyclic) bond motifs is 1. The van der Waals surface area contributed by atoms with E-state index < -0.39 is 41.1 Å². The summed E-state index contributed by atoms with van der Waals surface area (Å²) in [7, 11) is 0. The first-order chi connectivity index (χ1) is 16.9. The summed E-state index contributed by atoms with van der Waals surface area (Å²) < 4.78 is 30.8. The van der Waals surface area contributed by atoms with E-state index in [9.17, 15) is 24.2 Å². The Hall–Kier alpha value is -4.42. The molecule has 36 heavy (non-hydrogen) atoms. The number of anilines is 1. The van der Waals surface area contributed by atoms with Crippen LogP contribution in [0.15, 0.2) is 30.9 Å². The molecule has 2 atom stereocenters. The van der Waals surface area contributed by atoms with E-state index in [2.05, 4.69) is 30.4 Å². The molecule has 0 radical (unpaired) electrons. The van der Waals surface area contributed by atoms with Crippen molar-refractivity contribution in [3.63, 3.8) is 0 Å². The number of halogens is 2. The number of carbonyl (C=O) groups is 2. The van der Waals surface area contributed by atoms with Crippen molar-refractivity contribution in [2.45, 2.75) is 39.3 Å². The van der Waals surface area contributed by atoms with Crippen LogP contribution < -0.4 is 5.32 Å². The fourth-order valence-electron chi connectivity index (χ4n) is 3.42. The smallest absolute Gasteiger partial charge is 0.331 e. The normalized spacial score (nSPS) is 13.5. The predicted molar refractivity (Wildman–Crippen MR) is 125 cm³/mol. The topological polar surface area (TPSA) is 159 Å². The molecule has 0 aromatic carbocycles. The van der Waals surface area contributed by atoms with Crippen LogP contribution in [0.2, 0.25) is 0 Å². The molecule has 0 amide bonds. The molecular formula is C23H23F2N7O4. The molecule has 0 saturated heterocycles. The number of carboxylic acid groups (broad SMARTS) is 2. The zero-order valence-corrected chi connectivity index (χ0v) is 19.7. The number of H-pyrrole nitrogens is 1. The monoisotopic (exact) mass is 499 g/mol. The summed E-state index contributed by atoms with van der Waals surface area (Å²) in [5.41, 5.74) is -0.768. The number of hydrogen-bond donors (Lipinski definition) is 4. The average Bonchev–Trinajstić information content (AvgIpc) is 3.47. The summed E-state index contributed by atoms with van der Waals surface area (Å²) in [6.07, 6.45) is 5.15. The highest BCUT2D eigenvalue weighted by Gasteiger charge is 2.31. The second-order valence-corrected chi connectivity index (χ2v) is 8.91. The molecule has 4 aromatic rings. The summed E-state index contributed by atoms with van der Waals surface area (Å²) in [4.78, 5) is 38.5. The molecule has 0 aliphatic carbocycles. The molecule has 0 aliphatic rings. The first-order valence-electron chi connectivity index (χ1n) is 10.9. The lowest BCUT2D eigenvalue weighted by molar-refractivity contribution is -0.146. The Bertz CT molecular complexity index is 1480. The third-order valence-electron chi connectivity index (χ3n) is 6.05. The molecular weight excluding hydrogens is 476 g/mol. The molecule has 13 heteroatoms. The lowest BCUT2D eigenvalue weighted by Gasteiger charge is -2.20. The van der Waals surface area contributed by atoms with Gasteiger partial charge in [-0.15, -0.1) is 0 Å². The minimum absolute atomic E-state index is 0.00738. The van der Waals surface area contributed by atoms with Gasteiger partial charge in [0.25, 0.3) is 0 Å². The van der Waals surface area contributed by atoms with Crippen molar-refractivity contribution in [3.05, 3.63) is 42.5 Å². The van der Waals surface area contributed by atoms with Gasteiger partial charge in [0.2, 0.25) is 0 Å². The Labute approximate surface area is 203 Å². The van der Waals surface area contributed by atoms with Crippen LogP contribution in [0.3, 0.4) is 0 Å². The Balaban J connectivity index is 1.89. The van der Waals surface area contributed by atoms with E-state index in [1.807, 2.05) is 0 Å². The fraction of sp³-hybridized carbons (Fsp3) is 0.304. The number of hydrogen-bond acceptors (Lipinski definition) is 7. The largest absolute Gasteiger partial charge is 0.481 e. The van der Waals surface area contributed by atoms with Gasteiger partial charge in [0.15, 0.2) is 23.0 Å². The van der Waals surface area contributed by atoms with Crippen molar-refractivity contribution in [1.29, 1.82) is 0 Å². The first kappa shape index (κ1) is 24.7. The minimum Gasteiger partial charge on any atom is -0.481 e. The van der Waals surface area contributed by atoms with Gasteiger partial charge in [0, 0.05) is 34.9 Å². The molecule has 4 rings (SSSR count). The number of aromatic amines is 1. The van der Waals surface area contributed by atoms with Crippen molar-refractivity contribution in [2.24, 2.45) is 5.92 Å². The lowest BCUT2D eigenvalue weighted by Crippen LogP contribution is -2.35. The van der Waals surface area contributed by atoms with E-state index >= 15 is 4.39 Å². The number of nitrogens with zero attached hydrogens (tertiary/aromatic N) is 5.